The zero-order valence-corrected chi connectivity index (χ0v) is 17.3. The molecule has 1 amide bonds. The molecule has 0 aromatic carbocycles. The number of nitrogens with zero attached hydrogens (tertiary/aromatic N) is 3. The maximum Gasteiger partial charge on any atom is 0.490 e. The number of aliphatic carboxylic acids is 1. The summed E-state index contributed by atoms with van der Waals surface area (Å²) in [6, 6.07) is 5.95. The van der Waals surface area contributed by atoms with E-state index in [-0.39, 0.29) is 11.3 Å². The molecular weight excluding hydrogens is 415 g/mol. The van der Waals surface area contributed by atoms with E-state index in [1.54, 1.807) is 12.4 Å². The number of rotatable bonds is 3. The molecule has 2 aromatic rings. The number of carboxylic acids is 1. The normalized spacial score (nSPS) is 18.4. The van der Waals surface area contributed by atoms with Crippen LogP contribution in [0.4, 0.5) is 18.9 Å². The number of halogens is 3. The van der Waals surface area contributed by atoms with E-state index in [0.717, 1.165) is 56.2 Å². The van der Waals surface area contributed by atoms with Gasteiger partial charge in [-0.3, -0.25) is 14.7 Å². The van der Waals surface area contributed by atoms with Gasteiger partial charge in [0.25, 0.3) is 0 Å². The van der Waals surface area contributed by atoms with Crippen molar-refractivity contribution >= 4 is 17.6 Å². The Kier molecular flexibility index (Phi) is 6.40. The van der Waals surface area contributed by atoms with Crippen LogP contribution >= 0.6 is 0 Å². The topological polar surface area (TPSA) is 86.9 Å². The van der Waals surface area contributed by atoms with Crippen LogP contribution in [0.3, 0.4) is 0 Å². The molecule has 0 atom stereocenters. The maximum atomic E-state index is 12.7. The minimum absolute atomic E-state index is 0.151. The van der Waals surface area contributed by atoms with Crippen LogP contribution in [-0.2, 0) is 16.1 Å². The third-order valence-electron chi connectivity index (χ3n) is 5.77. The minimum atomic E-state index is -5.08. The van der Waals surface area contributed by atoms with Gasteiger partial charge in [0.15, 0.2) is 0 Å². The molecule has 0 unspecified atom stereocenters. The van der Waals surface area contributed by atoms with Gasteiger partial charge in [0.2, 0.25) is 5.91 Å². The average molecular weight is 439 g/mol. The van der Waals surface area contributed by atoms with Crippen molar-refractivity contribution in [3.63, 3.8) is 0 Å². The monoisotopic (exact) mass is 439 g/mol. The lowest BCUT2D eigenvalue weighted by Gasteiger charge is -2.52. The smallest absolute Gasteiger partial charge is 0.475 e. The summed E-state index contributed by atoms with van der Waals surface area (Å²) in [4.78, 5) is 30.0. The Balaban J connectivity index is 0.000000339. The highest BCUT2D eigenvalue weighted by Gasteiger charge is 2.53. The van der Waals surface area contributed by atoms with Gasteiger partial charge in [-0.2, -0.15) is 13.2 Å². The lowest BCUT2D eigenvalue weighted by atomic mass is 9.71. The number of amides is 1. The summed E-state index contributed by atoms with van der Waals surface area (Å²) in [7, 11) is 0. The van der Waals surface area contributed by atoms with E-state index in [1.165, 1.54) is 5.56 Å². The van der Waals surface area contributed by atoms with Gasteiger partial charge < -0.3 is 14.4 Å². The van der Waals surface area contributed by atoms with Gasteiger partial charge in [-0.05, 0) is 63.5 Å². The van der Waals surface area contributed by atoms with Crippen molar-refractivity contribution in [1.29, 1.82) is 0 Å². The average Bonchev–Trinajstić information content (AvgIpc) is 3.04. The third-order valence-corrected chi connectivity index (χ3v) is 5.77. The zero-order chi connectivity index (χ0) is 22.8. The van der Waals surface area contributed by atoms with Crippen LogP contribution in [0.15, 0.2) is 35.0 Å². The molecule has 1 N–H and O–H groups in total. The predicted octanol–water partition coefficient (Wildman–Crippen LogP) is 3.55. The first kappa shape index (κ1) is 22.8. The lowest BCUT2D eigenvalue weighted by molar-refractivity contribution is -0.192. The van der Waals surface area contributed by atoms with E-state index >= 15 is 0 Å². The van der Waals surface area contributed by atoms with Gasteiger partial charge in [-0.15, -0.1) is 0 Å². The Morgan fingerprint density at radius 2 is 1.94 bits per heavy atom. The van der Waals surface area contributed by atoms with Crippen LogP contribution in [0.2, 0.25) is 0 Å². The van der Waals surface area contributed by atoms with E-state index in [2.05, 4.69) is 22.9 Å². The van der Waals surface area contributed by atoms with Crippen molar-refractivity contribution in [2.75, 3.05) is 24.5 Å². The van der Waals surface area contributed by atoms with Crippen molar-refractivity contribution in [1.82, 2.24) is 9.88 Å². The molecule has 31 heavy (non-hydrogen) atoms. The molecule has 0 bridgehead atoms. The highest BCUT2D eigenvalue weighted by atomic mass is 19.4. The summed E-state index contributed by atoms with van der Waals surface area (Å²) in [5.41, 5.74) is 1.97. The van der Waals surface area contributed by atoms with E-state index in [4.69, 9.17) is 14.3 Å². The molecule has 4 rings (SSSR count). The summed E-state index contributed by atoms with van der Waals surface area (Å²) in [6.07, 6.45) is 0.282. The summed E-state index contributed by atoms with van der Waals surface area (Å²) >= 11 is 0. The number of pyridine rings is 1. The number of anilines is 1. The quantitative estimate of drug-likeness (QED) is 0.736. The van der Waals surface area contributed by atoms with Crippen LogP contribution in [0.5, 0.6) is 0 Å². The zero-order valence-electron chi connectivity index (χ0n) is 17.3. The van der Waals surface area contributed by atoms with Gasteiger partial charge in [0.05, 0.1) is 23.8 Å². The number of β-lactam (4-membered cyclic amide) rings is 1. The van der Waals surface area contributed by atoms with Crippen molar-refractivity contribution < 1.29 is 32.3 Å². The standard InChI is InChI=1S/C19H23N3O2.C2HF3O2/c1-14-10-17(24-15(14)2)12-21-8-5-19(6-9-21)13-22(18(19)23)16-4-3-7-20-11-16;3-2(4,5)1(6)7/h3-4,7,10-11H,5-6,8-9,12-13H2,1-2H3;(H,6,7). The molecule has 7 nitrogen and oxygen atoms in total. The molecule has 2 aliphatic rings. The number of hydrogen-bond acceptors (Lipinski definition) is 5. The SMILES string of the molecule is Cc1cc(CN2CCC3(CC2)CN(c2cccnc2)C3=O)oc1C.O=C(O)C(F)(F)F. The molecule has 1 spiro atoms. The molecule has 2 aromatic heterocycles. The number of likely N-dealkylation sites (tertiary alicyclic amines) is 1. The number of hydrogen-bond donors (Lipinski definition) is 1. The second kappa shape index (κ2) is 8.70. The molecule has 168 valence electrons. The van der Waals surface area contributed by atoms with Crippen LogP contribution in [0, 0.1) is 19.3 Å². The number of carboxylic acid groups (broad SMARTS) is 1. The second-order valence-corrected chi connectivity index (χ2v) is 7.91. The summed E-state index contributed by atoms with van der Waals surface area (Å²) < 4.78 is 37.5. The van der Waals surface area contributed by atoms with Crippen LogP contribution < -0.4 is 4.90 Å². The summed E-state index contributed by atoms with van der Waals surface area (Å²) in [6.45, 7) is 7.64. The highest BCUT2D eigenvalue weighted by molar-refractivity contribution is 6.04. The Hall–Kier alpha value is -2.88. The fourth-order valence-corrected chi connectivity index (χ4v) is 3.82. The number of carbonyl (C=O) groups is 2. The number of alkyl halides is 3. The molecule has 0 radical (unpaired) electrons. The van der Waals surface area contributed by atoms with Crippen LogP contribution in [0.1, 0.15) is 29.9 Å². The van der Waals surface area contributed by atoms with E-state index in [9.17, 15) is 18.0 Å². The van der Waals surface area contributed by atoms with Gasteiger partial charge in [-0.1, -0.05) is 0 Å². The summed E-state index contributed by atoms with van der Waals surface area (Å²) in [5, 5.41) is 7.12. The molecule has 10 heteroatoms. The number of aryl methyl sites for hydroxylation is 2. The predicted molar refractivity (Wildman–Crippen MR) is 105 cm³/mol. The Morgan fingerprint density at radius 3 is 2.39 bits per heavy atom. The molecule has 2 aliphatic heterocycles. The number of aromatic nitrogens is 1. The van der Waals surface area contributed by atoms with Crippen molar-refractivity contribution in [2.45, 2.75) is 39.4 Å². The highest BCUT2D eigenvalue weighted by Crippen LogP contribution is 2.43. The molecule has 4 heterocycles. The van der Waals surface area contributed by atoms with Crippen molar-refractivity contribution in [3.8, 4) is 0 Å². The molecule has 2 saturated heterocycles. The first-order valence-corrected chi connectivity index (χ1v) is 9.82. The number of carbonyl (C=O) groups excluding carboxylic acids is 1. The Labute approximate surface area is 177 Å². The first-order valence-electron chi connectivity index (χ1n) is 9.82. The molecule has 0 saturated carbocycles. The summed E-state index contributed by atoms with van der Waals surface area (Å²) in [5.74, 6) is -0.468. The lowest BCUT2D eigenvalue weighted by Crippen LogP contribution is -2.65. The Morgan fingerprint density at radius 1 is 1.29 bits per heavy atom. The second-order valence-electron chi connectivity index (χ2n) is 7.91. The molecule has 2 fully saturated rings. The van der Waals surface area contributed by atoms with Crippen LogP contribution in [-0.4, -0.2) is 52.7 Å². The first-order chi connectivity index (χ1) is 14.5. The van der Waals surface area contributed by atoms with Crippen molar-refractivity contribution in [3.05, 3.63) is 47.7 Å². The van der Waals surface area contributed by atoms with Crippen LogP contribution in [0.25, 0.3) is 0 Å². The molecular formula is C21H24F3N3O4. The number of furan rings is 1. The fraction of sp³-hybridized carbons (Fsp3) is 0.476. The largest absolute Gasteiger partial charge is 0.490 e. The van der Waals surface area contributed by atoms with Crippen molar-refractivity contribution in [2.24, 2.45) is 5.41 Å². The third kappa shape index (κ3) is 5.07. The van der Waals surface area contributed by atoms with E-state index < -0.39 is 12.1 Å². The molecule has 0 aliphatic carbocycles. The Bertz CT molecular complexity index is 916. The fourth-order valence-electron chi connectivity index (χ4n) is 3.82. The van der Waals surface area contributed by atoms with Gasteiger partial charge in [0, 0.05) is 12.7 Å². The van der Waals surface area contributed by atoms with Gasteiger partial charge in [-0.25, -0.2) is 4.79 Å². The minimum Gasteiger partial charge on any atom is -0.475 e. The van der Waals surface area contributed by atoms with E-state index in [1.807, 2.05) is 24.0 Å². The van der Waals surface area contributed by atoms with Gasteiger partial charge in [0.1, 0.15) is 11.5 Å². The van der Waals surface area contributed by atoms with E-state index in [0.29, 0.717) is 0 Å². The maximum absolute atomic E-state index is 12.7. The van der Waals surface area contributed by atoms with Gasteiger partial charge >= 0.3 is 12.1 Å². The number of piperidine rings is 1.